The van der Waals surface area contributed by atoms with Crippen LogP contribution < -0.4 is 0 Å². The van der Waals surface area contributed by atoms with Gasteiger partial charge in [-0.15, -0.1) is 11.3 Å². The van der Waals surface area contributed by atoms with Gasteiger partial charge in [-0.2, -0.15) is 5.10 Å². The minimum atomic E-state index is -0.0140. The molecule has 0 aliphatic heterocycles. The summed E-state index contributed by atoms with van der Waals surface area (Å²) >= 11 is 7.28. The fraction of sp³-hybridized carbons (Fsp3) is 0.364. The van der Waals surface area contributed by atoms with Crippen LogP contribution in [0.4, 0.5) is 0 Å². The van der Waals surface area contributed by atoms with E-state index in [1.807, 2.05) is 19.2 Å². The molecule has 4 nitrogen and oxygen atoms in total. The van der Waals surface area contributed by atoms with E-state index in [0.717, 1.165) is 0 Å². The van der Waals surface area contributed by atoms with Crippen molar-refractivity contribution in [1.29, 1.82) is 0 Å². The number of halogens is 1. The zero-order valence-corrected chi connectivity index (χ0v) is 11.1. The summed E-state index contributed by atoms with van der Waals surface area (Å²) in [6.45, 7) is 4.00. The van der Waals surface area contributed by atoms with Gasteiger partial charge in [0.25, 0.3) is 0 Å². The lowest BCUT2D eigenvalue weighted by molar-refractivity contribution is 0.0993. The smallest absolute Gasteiger partial charge is 0.181 e. The lowest BCUT2D eigenvalue weighted by atomic mass is 10.2. The van der Waals surface area contributed by atoms with Crippen molar-refractivity contribution in [2.24, 2.45) is 0 Å². The molecule has 0 aliphatic carbocycles. The monoisotopic (exact) mass is 269 g/mol. The third-order valence-electron chi connectivity index (χ3n) is 2.33. The van der Waals surface area contributed by atoms with E-state index in [9.17, 15) is 4.79 Å². The third kappa shape index (κ3) is 2.56. The highest BCUT2D eigenvalue weighted by Crippen LogP contribution is 2.23. The Bertz CT molecular complexity index is 532. The van der Waals surface area contributed by atoms with Gasteiger partial charge in [-0.3, -0.25) is 4.79 Å². The topological polar surface area (TPSA) is 47.8 Å². The van der Waals surface area contributed by atoms with Gasteiger partial charge in [0.2, 0.25) is 0 Å². The number of rotatable bonds is 4. The summed E-state index contributed by atoms with van der Waals surface area (Å²) in [5, 5.41) is 6.41. The first-order chi connectivity index (χ1) is 8.09. The summed E-state index contributed by atoms with van der Waals surface area (Å²) in [7, 11) is 0. The molecule has 0 N–H and O–H groups in total. The first-order valence-corrected chi connectivity index (χ1v) is 6.50. The number of hydrogen-bond donors (Lipinski definition) is 0. The Morgan fingerprint density at radius 3 is 2.94 bits per heavy atom. The van der Waals surface area contributed by atoms with Crippen molar-refractivity contribution in [1.82, 2.24) is 14.8 Å². The maximum absolute atomic E-state index is 12.0. The SMILES string of the molecule is CC(C)n1ncnc1CC(=O)c1sccc1Cl. The molecule has 2 aromatic heterocycles. The largest absolute Gasteiger partial charge is 0.293 e. The number of ketones is 1. The van der Waals surface area contributed by atoms with Crippen LogP contribution in [0.5, 0.6) is 0 Å². The normalized spacial score (nSPS) is 11.1. The quantitative estimate of drug-likeness (QED) is 0.802. The minimum absolute atomic E-state index is 0.0140. The van der Waals surface area contributed by atoms with Gasteiger partial charge < -0.3 is 0 Å². The Hall–Kier alpha value is -1.20. The summed E-state index contributed by atoms with van der Waals surface area (Å²) in [5.41, 5.74) is 0. The molecule has 0 bridgehead atoms. The van der Waals surface area contributed by atoms with Gasteiger partial charge in [0.1, 0.15) is 12.2 Å². The standard InChI is InChI=1S/C11H12ClN3OS/c1-7(2)15-10(13-6-14-15)5-9(16)11-8(12)3-4-17-11/h3-4,6-7H,5H2,1-2H3. The average molecular weight is 270 g/mol. The van der Waals surface area contributed by atoms with Gasteiger partial charge in [-0.1, -0.05) is 11.6 Å². The number of thiophene rings is 1. The first kappa shape index (κ1) is 12.3. The molecule has 0 saturated carbocycles. The molecule has 0 amide bonds. The van der Waals surface area contributed by atoms with Crippen molar-refractivity contribution in [2.75, 3.05) is 0 Å². The molecule has 0 aromatic carbocycles. The fourth-order valence-electron chi connectivity index (χ4n) is 1.55. The second-order valence-corrected chi connectivity index (χ2v) is 5.24. The van der Waals surface area contributed by atoms with Gasteiger partial charge in [-0.25, -0.2) is 9.67 Å². The Balaban J connectivity index is 2.19. The van der Waals surface area contributed by atoms with E-state index in [0.29, 0.717) is 15.7 Å². The van der Waals surface area contributed by atoms with Gasteiger partial charge >= 0.3 is 0 Å². The van der Waals surface area contributed by atoms with Gasteiger partial charge in [-0.05, 0) is 25.3 Å². The summed E-state index contributed by atoms with van der Waals surface area (Å²) in [5.74, 6) is 0.661. The molecule has 0 atom stereocenters. The highest BCUT2D eigenvalue weighted by atomic mass is 35.5. The van der Waals surface area contributed by atoms with Crippen molar-refractivity contribution in [3.63, 3.8) is 0 Å². The maximum Gasteiger partial charge on any atom is 0.181 e. The summed E-state index contributed by atoms with van der Waals surface area (Å²) in [4.78, 5) is 16.7. The van der Waals surface area contributed by atoms with Crippen molar-refractivity contribution >= 4 is 28.7 Å². The molecule has 6 heteroatoms. The number of nitrogens with zero attached hydrogens (tertiary/aromatic N) is 3. The first-order valence-electron chi connectivity index (χ1n) is 5.24. The van der Waals surface area contributed by atoms with Crippen LogP contribution >= 0.6 is 22.9 Å². The summed E-state index contributed by atoms with van der Waals surface area (Å²) in [6.07, 6.45) is 1.71. The Kier molecular flexibility index (Phi) is 3.59. The third-order valence-corrected chi connectivity index (χ3v) is 3.71. The fourth-order valence-corrected chi connectivity index (χ4v) is 2.65. The van der Waals surface area contributed by atoms with Crippen LogP contribution in [0.3, 0.4) is 0 Å². The highest BCUT2D eigenvalue weighted by molar-refractivity contribution is 7.12. The lowest BCUT2D eigenvalue weighted by Crippen LogP contribution is -2.12. The van der Waals surface area contributed by atoms with E-state index in [2.05, 4.69) is 10.1 Å². The van der Waals surface area contributed by atoms with Crippen LogP contribution in [0.1, 0.15) is 35.4 Å². The van der Waals surface area contributed by atoms with E-state index in [-0.39, 0.29) is 18.2 Å². The van der Waals surface area contributed by atoms with E-state index in [1.165, 1.54) is 17.7 Å². The van der Waals surface area contributed by atoms with Gasteiger partial charge in [0.15, 0.2) is 5.78 Å². The lowest BCUT2D eigenvalue weighted by Gasteiger charge is -2.08. The number of carbonyl (C=O) groups is 1. The van der Waals surface area contributed by atoms with E-state index >= 15 is 0 Å². The van der Waals surface area contributed by atoms with E-state index < -0.39 is 0 Å². The molecule has 2 rings (SSSR count). The number of Topliss-reactive ketones (excluding diaryl/α,β-unsaturated/α-hetero) is 1. The molecule has 2 heterocycles. The molecule has 0 aliphatic rings. The summed E-state index contributed by atoms with van der Waals surface area (Å²) < 4.78 is 1.75. The van der Waals surface area contributed by atoms with Crippen molar-refractivity contribution in [2.45, 2.75) is 26.3 Å². The Labute approximate surface area is 108 Å². The number of aromatic nitrogens is 3. The second-order valence-electron chi connectivity index (χ2n) is 3.91. The Morgan fingerprint density at radius 2 is 2.35 bits per heavy atom. The molecular weight excluding hydrogens is 258 g/mol. The van der Waals surface area contributed by atoms with Crippen LogP contribution in [0.2, 0.25) is 5.02 Å². The van der Waals surface area contributed by atoms with Crippen molar-refractivity contribution < 1.29 is 4.79 Å². The average Bonchev–Trinajstić information content (AvgIpc) is 2.86. The van der Waals surface area contributed by atoms with Crippen LogP contribution in [-0.2, 0) is 6.42 Å². The Morgan fingerprint density at radius 1 is 1.59 bits per heavy atom. The molecule has 17 heavy (non-hydrogen) atoms. The summed E-state index contributed by atoms with van der Waals surface area (Å²) in [6, 6.07) is 1.92. The van der Waals surface area contributed by atoms with Crippen molar-refractivity contribution in [3.05, 3.63) is 33.5 Å². The maximum atomic E-state index is 12.0. The number of hydrogen-bond acceptors (Lipinski definition) is 4. The van der Waals surface area contributed by atoms with Crippen LogP contribution in [-0.4, -0.2) is 20.5 Å². The predicted octanol–water partition coefficient (Wildman–Crippen LogP) is 3.00. The molecule has 0 fully saturated rings. The molecule has 90 valence electrons. The van der Waals surface area contributed by atoms with Crippen LogP contribution in [0.25, 0.3) is 0 Å². The van der Waals surface area contributed by atoms with Crippen LogP contribution in [0, 0.1) is 0 Å². The van der Waals surface area contributed by atoms with Gasteiger partial charge in [0, 0.05) is 6.04 Å². The molecule has 2 aromatic rings. The zero-order chi connectivity index (χ0) is 12.4. The van der Waals surface area contributed by atoms with Gasteiger partial charge in [0.05, 0.1) is 16.3 Å². The molecule has 0 radical (unpaired) electrons. The second kappa shape index (κ2) is 4.98. The van der Waals surface area contributed by atoms with Crippen molar-refractivity contribution in [3.8, 4) is 0 Å². The number of carbonyl (C=O) groups excluding carboxylic acids is 1. The zero-order valence-electron chi connectivity index (χ0n) is 9.55. The molecule has 0 unspecified atom stereocenters. The molecule has 0 saturated heterocycles. The minimum Gasteiger partial charge on any atom is -0.293 e. The molecular formula is C11H12ClN3OS. The van der Waals surface area contributed by atoms with E-state index in [1.54, 1.807) is 10.7 Å². The predicted molar refractivity (Wildman–Crippen MR) is 67.8 cm³/mol. The highest BCUT2D eigenvalue weighted by Gasteiger charge is 2.16. The molecule has 0 spiro atoms. The van der Waals surface area contributed by atoms with Crippen LogP contribution in [0.15, 0.2) is 17.8 Å². The van der Waals surface area contributed by atoms with E-state index in [4.69, 9.17) is 11.6 Å².